The molecule has 6 nitrogen and oxygen atoms in total. The third-order valence-corrected chi connectivity index (χ3v) is 3.31. The number of oxime groups is 1. The van der Waals surface area contributed by atoms with Gasteiger partial charge in [-0.3, -0.25) is 0 Å². The van der Waals surface area contributed by atoms with Crippen molar-refractivity contribution in [3.63, 3.8) is 0 Å². The molecule has 0 fully saturated rings. The molecular formula is C11H9F3N4O2S. The number of nitrogens with zero attached hydrogens (tertiary/aromatic N) is 3. The van der Waals surface area contributed by atoms with Gasteiger partial charge in [-0.2, -0.15) is 13.2 Å². The number of benzene rings is 1. The monoisotopic (exact) mass is 318 g/mol. The number of halogens is 3. The topological polar surface area (TPSA) is 97.5 Å². The fraction of sp³-hybridized carbons (Fsp3) is 0.182. The Balaban J connectivity index is 2.45. The standard InChI is InChI=1S/C11H9F3N4O2S/c1-5-16-17-10(20-5)21-8-3-2-6(11(12,13)14)4-7(8)9(15)18-19/h2-4,19H,1H3,(H2,15,18). The molecule has 0 unspecified atom stereocenters. The Bertz CT molecular complexity index is 684. The molecular weight excluding hydrogens is 309 g/mol. The van der Waals surface area contributed by atoms with Crippen molar-refractivity contribution >= 4 is 17.6 Å². The summed E-state index contributed by atoms with van der Waals surface area (Å²) < 4.78 is 43.2. The molecule has 1 aromatic carbocycles. The minimum atomic E-state index is -4.53. The van der Waals surface area contributed by atoms with Crippen molar-refractivity contribution in [3.05, 3.63) is 35.2 Å². The molecule has 2 rings (SSSR count). The highest BCUT2D eigenvalue weighted by Crippen LogP contribution is 2.35. The van der Waals surface area contributed by atoms with Crippen molar-refractivity contribution in [2.45, 2.75) is 23.2 Å². The zero-order valence-corrected chi connectivity index (χ0v) is 11.4. The van der Waals surface area contributed by atoms with Crippen molar-refractivity contribution in [3.8, 4) is 0 Å². The third-order valence-electron chi connectivity index (χ3n) is 2.40. The van der Waals surface area contributed by atoms with Crippen LogP contribution in [-0.4, -0.2) is 21.2 Å². The lowest BCUT2D eigenvalue weighted by atomic mass is 10.1. The lowest BCUT2D eigenvalue weighted by molar-refractivity contribution is -0.137. The highest BCUT2D eigenvalue weighted by molar-refractivity contribution is 7.99. The minimum absolute atomic E-state index is 0.0758. The Morgan fingerprint density at radius 3 is 2.62 bits per heavy atom. The van der Waals surface area contributed by atoms with Gasteiger partial charge >= 0.3 is 6.18 Å². The van der Waals surface area contributed by atoms with Gasteiger partial charge in [0.05, 0.1) is 5.56 Å². The zero-order valence-electron chi connectivity index (χ0n) is 10.5. The van der Waals surface area contributed by atoms with Crippen molar-refractivity contribution in [1.82, 2.24) is 10.2 Å². The second-order valence-corrected chi connectivity index (χ2v) is 4.88. The zero-order chi connectivity index (χ0) is 15.6. The molecule has 0 spiro atoms. The number of nitrogens with two attached hydrogens (primary N) is 1. The minimum Gasteiger partial charge on any atom is -0.416 e. The van der Waals surface area contributed by atoms with Gasteiger partial charge in [0.15, 0.2) is 5.84 Å². The average Bonchev–Trinajstić information content (AvgIpc) is 2.82. The molecule has 0 saturated heterocycles. The summed E-state index contributed by atoms with van der Waals surface area (Å²) in [6, 6.07) is 2.88. The van der Waals surface area contributed by atoms with E-state index in [1.54, 1.807) is 6.92 Å². The lowest BCUT2D eigenvalue weighted by Gasteiger charge is -2.11. The third kappa shape index (κ3) is 3.45. The van der Waals surface area contributed by atoms with Gasteiger partial charge in [-0.15, -0.1) is 10.2 Å². The first-order valence-corrected chi connectivity index (χ1v) is 6.30. The van der Waals surface area contributed by atoms with Gasteiger partial charge in [0.2, 0.25) is 5.89 Å². The molecule has 112 valence electrons. The maximum Gasteiger partial charge on any atom is 0.416 e. The first kappa shape index (κ1) is 15.2. The summed E-state index contributed by atoms with van der Waals surface area (Å²) in [4.78, 5) is 0.293. The summed E-state index contributed by atoms with van der Waals surface area (Å²) in [7, 11) is 0. The van der Waals surface area contributed by atoms with E-state index in [4.69, 9.17) is 15.4 Å². The van der Waals surface area contributed by atoms with Gasteiger partial charge in [-0.25, -0.2) is 0 Å². The Morgan fingerprint density at radius 1 is 1.38 bits per heavy atom. The van der Waals surface area contributed by atoms with E-state index in [-0.39, 0.29) is 10.8 Å². The summed E-state index contributed by atoms with van der Waals surface area (Å²) in [5.41, 5.74) is 4.44. The molecule has 1 aromatic heterocycles. The highest BCUT2D eigenvalue weighted by atomic mass is 32.2. The van der Waals surface area contributed by atoms with E-state index < -0.39 is 17.6 Å². The number of rotatable bonds is 3. The Kier molecular flexibility index (Phi) is 4.07. The van der Waals surface area contributed by atoms with Crippen LogP contribution in [0.15, 0.2) is 37.9 Å². The van der Waals surface area contributed by atoms with E-state index in [1.165, 1.54) is 6.07 Å². The van der Waals surface area contributed by atoms with Crippen molar-refractivity contribution in [2.24, 2.45) is 10.9 Å². The number of alkyl halides is 3. The molecule has 3 N–H and O–H groups in total. The summed E-state index contributed by atoms with van der Waals surface area (Å²) in [6.07, 6.45) is -4.53. The summed E-state index contributed by atoms with van der Waals surface area (Å²) >= 11 is 0.919. The quantitative estimate of drug-likeness (QED) is 0.391. The predicted octanol–water partition coefficient (Wildman–Crippen LogP) is 2.64. The highest BCUT2D eigenvalue weighted by Gasteiger charge is 2.31. The van der Waals surface area contributed by atoms with Gasteiger partial charge in [0.1, 0.15) is 0 Å². The average molecular weight is 318 g/mol. The fourth-order valence-electron chi connectivity index (χ4n) is 1.46. The van der Waals surface area contributed by atoms with Gasteiger partial charge in [0.25, 0.3) is 5.22 Å². The maximum absolute atomic E-state index is 12.7. The van der Waals surface area contributed by atoms with E-state index in [0.29, 0.717) is 10.8 Å². The summed E-state index contributed by atoms with van der Waals surface area (Å²) in [6.45, 7) is 1.58. The number of amidine groups is 1. The van der Waals surface area contributed by atoms with Crippen molar-refractivity contribution in [2.75, 3.05) is 0 Å². The normalized spacial score (nSPS) is 12.7. The Labute approximate surface area is 120 Å². The lowest BCUT2D eigenvalue weighted by Crippen LogP contribution is -2.16. The van der Waals surface area contributed by atoms with E-state index >= 15 is 0 Å². The van der Waals surface area contributed by atoms with Crippen LogP contribution < -0.4 is 5.73 Å². The second-order valence-electron chi connectivity index (χ2n) is 3.88. The van der Waals surface area contributed by atoms with Crippen LogP contribution in [0.3, 0.4) is 0 Å². The molecule has 0 aliphatic rings. The SMILES string of the molecule is Cc1nnc(Sc2ccc(C(F)(F)F)cc2C(N)=NO)o1. The van der Waals surface area contributed by atoms with Gasteiger partial charge in [-0.05, 0) is 30.0 Å². The Morgan fingerprint density at radius 2 is 2.10 bits per heavy atom. The molecule has 1 heterocycles. The van der Waals surface area contributed by atoms with Crippen molar-refractivity contribution < 1.29 is 22.8 Å². The van der Waals surface area contributed by atoms with E-state index in [0.717, 1.165) is 23.9 Å². The molecule has 2 aromatic rings. The predicted molar refractivity (Wildman–Crippen MR) is 67.1 cm³/mol. The fourth-order valence-corrected chi connectivity index (χ4v) is 2.30. The van der Waals surface area contributed by atoms with Crippen LogP contribution in [0.5, 0.6) is 0 Å². The number of aryl methyl sites for hydroxylation is 1. The number of aromatic nitrogens is 2. The second kappa shape index (κ2) is 5.64. The van der Waals surface area contributed by atoms with Crippen LogP contribution in [0.25, 0.3) is 0 Å². The first-order valence-electron chi connectivity index (χ1n) is 5.48. The molecule has 0 radical (unpaired) electrons. The van der Waals surface area contributed by atoms with Crippen LogP contribution in [-0.2, 0) is 6.18 Å². The molecule has 10 heteroatoms. The van der Waals surface area contributed by atoms with Crippen LogP contribution in [0.4, 0.5) is 13.2 Å². The smallest absolute Gasteiger partial charge is 0.416 e. The molecule has 0 bridgehead atoms. The molecule has 0 amide bonds. The van der Waals surface area contributed by atoms with Crippen LogP contribution in [0.2, 0.25) is 0 Å². The summed E-state index contributed by atoms with van der Waals surface area (Å²) in [5.74, 6) is -0.130. The molecule has 0 aliphatic heterocycles. The van der Waals surface area contributed by atoms with E-state index in [2.05, 4.69) is 15.4 Å². The number of hydrogen-bond acceptors (Lipinski definition) is 6. The molecule has 0 saturated carbocycles. The van der Waals surface area contributed by atoms with Gasteiger partial charge in [-0.1, -0.05) is 5.16 Å². The van der Waals surface area contributed by atoms with Crippen LogP contribution in [0.1, 0.15) is 17.0 Å². The Hall–Kier alpha value is -2.23. The number of hydrogen-bond donors (Lipinski definition) is 2. The summed E-state index contributed by atoms with van der Waals surface area (Å²) in [5, 5.41) is 18.9. The molecule has 21 heavy (non-hydrogen) atoms. The molecule has 0 aliphatic carbocycles. The van der Waals surface area contributed by atoms with Crippen LogP contribution >= 0.6 is 11.8 Å². The largest absolute Gasteiger partial charge is 0.416 e. The van der Waals surface area contributed by atoms with Crippen LogP contribution in [0, 0.1) is 6.92 Å². The van der Waals surface area contributed by atoms with Gasteiger partial charge < -0.3 is 15.4 Å². The maximum atomic E-state index is 12.7. The van der Waals surface area contributed by atoms with E-state index in [9.17, 15) is 13.2 Å². The van der Waals surface area contributed by atoms with Crippen molar-refractivity contribution in [1.29, 1.82) is 0 Å². The molecule has 0 atom stereocenters. The van der Waals surface area contributed by atoms with E-state index in [1.807, 2.05) is 0 Å². The first-order chi connectivity index (χ1) is 9.81. The van der Waals surface area contributed by atoms with Gasteiger partial charge in [0, 0.05) is 17.4 Å².